The van der Waals surface area contributed by atoms with E-state index >= 15 is 0 Å². The van der Waals surface area contributed by atoms with Crippen molar-refractivity contribution in [2.75, 3.05) is 11.6 Å². The fraction of sp³-hybridized carbons (Fsp3) is 0.333. The Hall–Kier alpha value is -3.68. The Morgan fingerprint density at radius 3 is 2.37 bits per heavy atom. The highest BCUT2D eigenvalue weighted by molar-refractivity contribution is 7.90. The van der Waals surface area contributed by atoms with E-state index in [0.29, 0.717) is 12.8 Å². The number of sulfone groups is 1. The highest BCUT2D eigenvalue weighted by Crippen LogP contribution is 2.44. The summed E-state index contributed by atoms with van der Waals surface area (Å²) >= 11 is 0. The molecule has 38 heavy (non-hydrogen) atoms. The topological polar surface area (TPSA) is 111 Å². The summed E-state index contributed by atoms with van der Waals surface area (Å²) in [5, 5.41) is 8.62. The van der Waals surface area contributed by atoms with Crippen LogP contribution in [0.15, 0.2) is 35.2 Å². The standard InChI is InChI=1S/C24H21F5N4O4S/c1-12-17(21(34)30-13-6-4-7-14(10-13)38(3,35)36)22(33-32-19(12)24(27,28)29)37-18-15(25)11-16(31-20(18)26)23(2)8-5-9-23/h4,6-7,10-11H,5,8-9H2,1-3H3,(H,30,34). The number of pyridine rings is 1. The highest BCUT2D eigenvalue weighted by atomic mass is 32.2. The molecule has 0 bridgehead atoms. The number of alkyl halides is 3. The number of carbonyl (C=O) groups is 1. The number of halogens is 5. The van der Waals surface area contributed by atoms with Gasteiger partial charge < -0.3 is 10.1 Å². The molecule has 0 aliphatic heterocycles. The van der Waals surface area contributed by atoms with E-state index in [2.05, 4.69) is 20.5 Å². The predicted octanol–water partition coefficient (Wildman–Crippen LogP) is 5.37. The van der Waals surface area contributed by atoms with Gasteiger partial charge in [0.05, 0.1) is 10.6 Å². The zero-order valence-electron chi connectivity index (χ0n) is 20.3. The second-order valence-electron chi connectivity index (χ2n) is 9.23. The fourth-order valence-electron chi connectivity index (χ4n) is 4.04. The van der Waals surface area contributed by atoms with E-state index < -0.39 is 67.6 Å². The summed E-state index contributed by atoms with van der Waals surface area (Å²) < 4.78 is 99.1. The molecular weight excluding hydrogens is 535 g/mol. The summed E-state index contributed by atoms with van der Waals surface area (Å²) in [7, 11) is -3.67. The molecule has 0 spiro atoms. The average Bonchev–Trinajstić information content (AvgIpc) is 2.78. The minimum atomic E-state index is -5.02. The molecule has 202 valence electrons. The van der Waals surface area contributed by atoms with Gasteiger partial charge in [0.25, 0.3) is 17.7 Å². The number of amides is 1. The van der Waals surface area contributed by atoms with Crippen molar-refractivity contribution in [2.24, 2.45) is 0 Å². The Morgan fingerprint density at radius 2 is 1.82 bits per heavy atom. The highest BCUT2D eigenvalue weighted by Gasteiger charge is 2.39. The quantitative estimate of drug-likeness (QED) is 0.321. The third-order valence-corrected chi connectivity index (χ3v) is 7.47. The lowest BCUT2D eigenvalue weighted by Gasteiger charge is -2.37. The molecule has 1 saturated carbocycles. The van der Waals surface area contributed by atoms with Crippen molar-refractivity contribution in [3.63, 3.8) is 0 Å². The Balaban J connectivity index is 1.76. The zero-order valence-corrected chi connectivity index (χ0v) is 21.1. The van der Waals surface area contributed by atoms with Gasteiger partial charge in [-0.1, -0.05) is 19.4 Å². The summed E-state index contributed by atoms with van der Waals surface area (Å²) in [4.78, 5) is 16.7. The third kappa shape index (κ3) is 5.30. The van der Waals surface area contributed by atoms with Gasteiger partial charge >= 0.3 is 6.18 Å². The molecule has 2 aromatic heterocycles. The minimum Gasteiger partial charge on any atom is -0.429 e. The van der Waals surface area contributed by atoms with Crippen LogP contribution in [0.1, 0.15) is 53.5 Å². The van der Waals surface area contributed by atoms with Gasteiger partial charge in [0.2, 0.25) is 5.75 Å². The van der Waals surface area contributed by atoms with Crippen molar-refractivity contribution >= 4 is 21.4 Å². The van der Waals surface area contributed by atoms with Crippen molar-refractivity contribution in [1.82, 2.24) is 15.2 Å². The van der Waals surface area contributed by atoms with Crippen LogP contribution in [0.2, 0.25) is 0 Å². The maximum Gasteiger partial charge on any atom is 0.435 e. The van der Waals surface area contributed by atoms with Gasteiger partial charge in [-0.25, -0.2) is 17.8 Å². The lowest BCUT2D eigenvalue weighted by molar-refractivity contribution is -0.142. The number of rotatable bonds is 6. The molecule has 0 unspecified atom stereocenters. The first-order valence-electron chi connectivity index (χ1n) is 11.2. The number of ether oxygens (including phenoxy) is 1. The predicted molar refractivity (Wildman–Crippen MR) is 125 cm³/mol. The largest absolute Gasteiger partial charge is 0.435 e. The number of nitrogens with one attached hydrogen (secondary N) is 1. The molecule has 0 saturated heterocycles. The normalized spacial score (nSPS) is 15.1. The number of anilines is 1. The van der Waals surface area contributed by atoms with Gasteiger partial charge in [-0.05, 0) is 43.5 Å². The summed E-state index contributed by atoms with van der Waals surface area (Å²) in [6, 6.07) is 5.92. The lowest BCUT2D eigenvalue weighted by atomic mass is 9.68. The van der Waals surface area contributed by atoms with E-state index in [4.69, 9.17) is 4.74 Å². The Bertz CT molecular complexity index is 1520. The molecule has 0 radical (unpaired) electrons. The Kier molecular flexibility index (Phi) is 6.89. The average molecular weight is 557 g/mol. The van der Waals surface area contributed by atoms with Crippen molar-refractivity contribution in [3.8, 4) is 11.6 Å². The maximum absolute atomic E-state index is 14.9. The summed E-state index contributed by atoms with van der Waals surface area (Å²) in [6.45, 7) is 2.71. The van der Waals surface area contributed by atoms with Gasteiger partial charge in [0.15, 0.2) is 21.3 Å². The number of aromatic nitrogens is 3. The SMILES string of the molecule is Cc1c(C(F)(F)F)nnc(Oc2c(F)cc(C3(C)CCC3)nc2F)c1C(=O)Nc1cccc(S(C)(=O)=O)c1. The number of hydrogen-bond acceptors (Lipinski definition) is 7. The van der Waals surface area contributed by atoms with Crippen LogP contribution < -0.4 is 10.1 Å². The summed E-state index contributed by atoms with van der Waals surface area (Å²) in [6.07, 6.45) is -1.87. The zero-order chi connectivity index (χ0) is 28.0. The molecule has 1 N–H and O–H groups in total. The summed E-state index contributed by atoms with van der Waals surface area (Å²) in [5.41, 5.74) is -3.50. The van der Waals surface area contributed by atoms with E-state index in [1.54, 1.807) is 6.92 Å². The van der Waals surface area contributed by atoms with Crippen LogP contribution in [-0.4, -0.2) is 35.8 Å². The van der Waals surface area contributed by atoms with Crippen LogP contribution in [-0.2, 0) is 21.4 Å². The van der Waals surface area contributed by atoms with E-state index in [9.17, 15) is 35.2 Å². The molecule has 4 rings (SSSR count). The van der Waals surface area contributed by atoms with E-state index in [0.717, 1.165) is 31.7 Å². The van der Waals surface area contributed by atoms with Gasteiger partial charge in [0.1, 0.15) is 5.56 Å². The fourth-order valence-corrected chi connectivity index (χ4v) is 4.71. The van der Waals surface area contributed by atoms with Crippen LogP contribution in [0.3, 0.4) is 0 Å². The molecule has 14 heteroatoms. The van der Waals surface area contributed by atoms with Crippen molar-refractivity contribution in [2.45, 2.75) is 49.6 Å². The number of benzene rings is 1. The first kappa shape index (κ1) is 27.4. The van der Waals surface area contributed by atoms with Crippen molar-refractivity contribution in [3.05, 3.63) is 64.6 Å². The van der Waals surface area contributed by atoms with E-state index in [-0.39, 0.29) is 16.3 Å². The summed E-state index contributed by atoms with van der Waals surface area (Å²) in [5.74, 6) is -5.75. The molecule has 1 amide bonds. The van der Waals surface area contributed by atoms with Crippen LogP contribution in [0.5, 0.6) is 11.6 Å². The van der Waals surface area contributed by atoms with E-state index in [1.807, 2.05) is 0 Å². The van der Waals surface area contributed by atoms with Gasteiger partial charge in [-0.15, -0.1) is 10.2 Å². The molecular formula is C24H21F5N4O4S. The molecule has 1 aliphatic carbocycles. The van der Waals surface area contributed by atoms with Gasteiger partial charge in [0, 0.05) is 23.4 Å². The molecule has 1 fully saturated rings. The third-order valence-electron chi connectivity index (χ3n) is 6.36. The van der Waals surface area contributed by atoms with Crippen molar-refractivity contribution < 1.29 is 39.9 Å². The smallest absolute Gasteiger partial charge is 0.429 e. The maximum atomic E-state index is 14.9. The first-order chi connectivity index (χ1) is 17.6. The second-order valence-corrected chi connectivity index (χ2v) is 11.2. The Morgan fingerprint density at radius 1 is 1.13 bits per heavy atom. The molecule has 3 aromatic rings. The minimum absolute atomic E-state index is 0.0780. The Labute approximate surface area is 214 Å². The molecule has 1 aromatic carbocycles. The van der Waals surface area contributed by atoms with E-state index in [1.165, 1.54) is 18.2 Å². The van der Waals surface area contributed by atoms with Crippen molar-refractivity contribution in [1.29, 1.82) is 0 Å². The number of hydrogen-bond donors (Lipinski definition) is 1. The van der Waals surface area contributed by atoms with Gasteiger partial charge in [-0.2, -0.15) is 17.6 Å². The van der Waals surface area contributed by atoms with Crippen LogP contribution >= 0.6 is 0 Å². The van der Waals surface area contributed by atoms with Crippen LogP contribution in [0.4, 0.5) is 27.6 Å². The molecule has 0 atom stereocenters. The molecule has 2 heterocycles. The molecule has 8 nitrogen and oxygen atoms in total. The second kappa shape index (κ2) is 9.57. The number of carbonyl (C=O) groups excluding carboxylic acids is 1. The van der Waals surface area contributed by atoms with Crippen LogP contribution in [0.25, 0.3) is 0 Å². The van der Waals surface area contributed by atoms with Crippen LogP contribution in [0, 0.1) is 18.7 Å². The molecule has 1 aliphatic rings. The lowest BCUT2D eigenvalue weighted by Crippen LogP contribution is -2.32. The first-order valence-corrected chi connectivity index (χ1v) is 13.1. The van der Waals surface area contributed by atoms with Gasteiger partial charge in [-0.3, -0.25) is 4.79 Å². The number of nitrogens with zero attached hydrogens (tertiary/aromatic N) is 3. The monoisotopic (exact) mass is 556 g/mol.